The molecule has 0 spiro atoms. The first-order valence-electron chi connectivity index (χ1n) is 9.23. The molecule has 0 radical (unpaired) electrons. The summed E-state index contributed by atoms with van der Waals surface area (Å²) in [6.45, 7) is 2.02. The number of hydrogen-bond acceptors (Lipinski definition) is 6. The van der Waals surface area contributed by atoms with Crippen molar-refractivity contribution < 1.29 is 4.79 Å². The number of aryl methyl sites for hydroxylation is 1. The smallest absolute Gasteiger partial charge is 0.225 e. The van der Waals surface area contributed by atoms with E-state index >= 15 is 0 Å². The molecule has 1 amide bonds. The number of likely N-dealkylation sites (N-methyl/N-ethyl adjacent to an activating group) is 1. The molecule has 2 aliphatic rings. The molecule has 3 aromatic rings. The standard InChI is InChI=1S/C18H22N8O/c1-10-12(7-22-25(10)3)16-13(6-14(27)24(16)2)23-17-15-18(20-8-19-17)26(9-21-15)11-4-5-11/h7-9,11,13,16H,4-6H2,1-3H3,(H,19,20,23)/t13-,16+/m1/s1. The lowest BCUT2D eigenvalue weighted by atomic mass is 10.0. The molecule has 5 rings (SSSR count). The van der Waals surface area contributed by atoms with Gasteiger partial charge in [0.1, 0.15) is 11.8 Å². The number of aromatic nitrogens is 6. The van der Waals surface area contributed by atoms with Crippen LogP contribution >= 0.6 is 0 Å². The van der Waals surface area contributed by atoms with Gasteiger partial charge in [0.15, 0.2) is 11.5 Å². The summed E-state index contributed by atoms with van der Waals surface area (Å²) in [6.07, 6.45) is 8.00. The van der Waals surface area contributed by atoms with Crippen molar-refractivity contribution in [3.63, 3.8) is 0 Å². The van der Waals surface area contributed by atoms with E-state index in [9.17, 15) is 4.79 Å². The van der Waals surface area contributed by atoms with Crippen molar-refractivity contribution >= 4 is 22.9 Å². The first-order valence-corrected chi connectivity index (χ1v) is 9.23. The molecule has 9 heteroatoms. The van der Waals surface area contributed by atoms with Crippen LogP contribution in [0.4, 0.5) is 5.82 Å². The average Bonchev–Trinajstić information content (AvgIpc) is 3.24. The molecule has 0 aromatic carbocycles. The number of rotatable bonds is 4. The second kappa shape index (κ2) is 5.77. The van der Waals surface area contributed by atoms with Gasteiger partial charge in [0.2, 0.25) is 5.91 Å². The molecule has 1 saturated carbocycles. The van der Waals surface area contributed by atoms with Gasteiger partial charge in [-0.15, -0.1) is 0 Å². The van der Waals surface area contributed by atoms with Gasteiger partial charge >= 0.3 is 0 Å². The Morgan fingerprint density at radius 1 is 1.19 bits per heavy atom. The zero-order valence-electron chi connectivity index (χ0n) is 15.6. The molecule has 1 aliphatic carbocycles. The van der Waals surface area contributed by atoms with Crippen LogP contribution in [0.2, 0.25) is 0 Å². The van der Waals surface area contributed by atoms with E-state index in [1.807, 2.05) is 38.2 Å². The second-order valence-corrected chi connectivity index (χ2v) is 7.49. The van der Waals surface area contributed by atoms with Crippen LogP contribution in [0.25, 0.3) is 11.2 Å². The van der Waals surface area contributed by atoms with Gasteiger partial charge < -0.3 is 14.8 Å². The summed E-state index contributed by atoms with van der Waals surface area (Å²) in [5.41, 5.74) is 3.71. The Morgan fingerprint density at radius 3 is 2.70 bits per heavy atom. The first-order chi connectivity index (χ1) is 13.0. The molecule has 1 aliphatic heterocycles. The number of amides is 1. The molecule has 9 nitrogen and oxygen atoms in total. The van der Waals surface area contributed by atoms with Crippen LogP contribution in [-0.2, 0) is 11.8 Å². The summed E-state index contributed by atoms with van der Waals surface area (Å²) in [7, 11) is 3.76. The third kappa shape index (κ3) is 2.48. The molecule has 0 bridgehead atoms. The minimum Gasteiger partial charge on any atom is -0.362 e. The lowest BCUT2D eigenvalue weighted by Gasteiger charge is -2.25. The Labute approximate surface area is 156 Å². The van der Waals surface area contributed by atoms with Crippen LogP contribution in [0.5, 0.6) is 0 Å². The fraction of sp³-hybridized carbons (Fsp3) is 0.500. The van der Waals surface area contributed by atoms with E-state index in [1.54, 1.807) is 11.2 Å². The molecule has 1 saturated heterocycles. The van der Waals surface area contributed by atoms with Gasteiger partial charge in [0.05, 0.1) is 24.6 Å². The molecule has 0 unspecified atom stereocenters. The van der Waals surface area contributed by atoms with Crippen molar-refractivity contribution in [3.8, 4) is 0 Å². The highest BCUT2D eigenvalue weighted by atomic mass is 16.2. The summed E-state index contributed by atoms with van der Waals surface area (Å²) >= 11 is 0. The van der Waals surface area contributed by atoms with Gasteiger partial charge in [-0.1, -0.05) is 0 Å². The zero-order chi connectivity index (χ0) is 18.7. The fourth-order valence-electron chi connectivity index (χ4n) is 3.98. The highest BCUT2D eigenvalue weighted by molar-refractivity contribution is 5.85. The van der Waals surface area contributed by atoms with E-state index in [2.05, 4.69) is 29.9 Å². The predicted octanol–water partition coefficient (Wildman–Crippen LogP) is 1.59. The van der Waals surface area contributed by atoms with Gasteiger partial charge in [-0.05, 0) is 19.8 Å². The van der Waals surface area contributed by atoms with Gasteiger partial charge in [0, 0.05) is 37.8 Å². The predicted molar refractivity (Wildman–Crippen MR) is 99.1 cm³/mol. The Balaban J connectivity index is 1.51. The molecular weight excluding hydrogens is 344 g/mol. The van der Waals surface area contributed by atoms with Gasteiger partial charge in [-0.2, -0.15) is 5.10 Å². The molecule has 3 aromatic heterocycles. The van der Waals surface area contributed by atoms with Crippen LogP contribution in [0, 0.1) is 6.92 Å². The first kappa shape index (κ1) is 16.2. The SMILES string of the molecule is Cc1c([C@H]2[C@H](Nc3ncnc4c3ncn4C3CC3)CC(=O)N2C)cnn1C. The molecule has 2 fully saturated rings. The molecule has 27 heavy (non-hydrogen) atoms. The Morgan fingerprint density at radius 2 is 2.00 bits per heavy atom. The molecule has 4 heterocycles. The van der Waals surface area contributed by atoms with E-state index < -0.39 is 0 Å². The van der Waals surface area contributed by atoms with Crippen molar-refractivity contribution in [1.29, 1.82) is 0 Å². The van der Waals surface area contributed by atoms with Crippen molar-refractivity contribution in [2.75, 3.05) is 12.4 Å². The normalized spacial score (nSPS) is 22.8. The topological polar surface area (TPSA) is 93.8 Å². The molecule has 1 N–H and O–H groups in total. The molecular formula is C18H22N8O. The maximum Gasteiger partial charge on any atom is 0.225 e. The van der Waals surface area contributed by atoms with Crippen LogP contribution in [0.3, 0.4) is 0 Å². The Hall–Kier alpha value is -2.97. The van der Waals surface area contributed by atoms with E-state index in [0.717, 1.165) is 22.4 Å². The largest absolute Gasteiger partial charge is 0.362 e. The zero-order valence-corrected chi connectivity index (χ0v) is 15.6. The number of nitrogens with one attached hydrogen (secondary N) is 1. The van der Waals surface area contributed by atoms with Crippen LogP contribution < -0.4 is 5.32 Å². The van der Waals surface area contributed by atoms with E-state index in [0.29, 0.717) is 18.3 Å². The summed E-state index contributed by atoms with van der Waals surface area (Å²) < 4.78 is 3.96. The summed E-state index contributed by atoms with van der Waals surface area (Å²) in [6, 6.07) is 0.305. The number of fused-ring (bicyclic) bond motifs is 1. The Kier molecular flexibility index (Phi) is 3.46. The van der Waals surface area contributed by atoms with Crippen molar-refractivity contribution in [1.82, 2.24) is 34.2 Å². The minimum atomic E-state index is -0.102. The Bertz CT molecular complexity index is 1030. The highest BCUT2D eigenvalue weighted by Crippen LogP contribution is 2.38. The van der Waals surface area contributed by atoms with Crippen molar-refractivity contribution in [3.05, 3.63) is 30.1 Å². The average molecular weight is 366 g/mol. The highest BCUT2D eigenvalue weighted by Gasteiger charge is 2.40. The maximum atomic E-state index is 12.4. The maximum absolute atomic E-state index is 12.4. The van der Waals surface area contributed by atoms with E-state index in [-0.39, 0.29) is 18.0 Å². The third-order valence-electron chi connectivity index (χ3n) is 5.80. The third-order valence-corrected chi connectivity index (χ3v) is 5.80. The van der Waals surface area contributed by atoms with Gasteiger partial charge in [0.25, 0.3) is 0 Å². The second-order valence-electron chi connectivity index (χ2n) is 7.49. The van der Waals surface area contributed by atoms with Crippen LogP contribution in [-0.4, -0.2) is 53.2 Å². The van der Waals surface area contributed by atoms with E-state index in [1.165, 1.54) is 12.8 Å². The number of imidazole rings is 1. The number of anilines is 1. The van der Waals surface area contributed by atoms with Crippen molar-refractivity contribution in [2.45, 2.75) is 44.3 Å². The monoisotopic (exact) mass is 366 g/mol. The number of nitrogens with zero attached hydrogens (tertiary/aromatic N) is 7. The van der Waals surface area contributed by atoms with Crippen molar-refractivity contribution in [2.24, 2.45) is 7.05 Å². The summed E-state index contributed by atoms with van der Waals surface area (Å²) in [4.78, 5) is 27.6. The summed E-state index contributed by atoms with van der Waals surface area (Å²) in [5.74, 6) is 0.786. The number of carbonyl (C=O) groups excluding carboxylic acids is 1. The quantitative estimate of drug-likeness (QED) is 0.754. The fourth-order valence-corrected chi connectivity index (χ4v) is 3.98. The number of hydrogen-bond donors (Lipinski definition) is 1. The summed E-state index contributed by atoms with van der Waals surface area (Å²) in [5, 5.41) is 7.83. The van der Waals surface area contributed by atoms with Gasteiger partial charge in [-0.25, -0.2) is 15.0 Å². The lowest BCUT2D eigenvalue weighted by Crippen LogP contribution is -2.30. The molecule has 140 valence electrons. The minimum absolute atomic E-state index is 0.0956. The lowest BCUT2D eigenvalue weighted by molar-refractivity contribution is -0.127. The van der Waals surface area contributed by atoms with Gasteiger partial charge in [-0.3, -0.25) is 9.48 Å². The van der Waals surface area contributed by atoms with E-state index in [4.69, 9.17) is 0 Å². The number of carbonyl (C=O) groups is 1. The van der Waals surface area contributed by atoms with Crippen LogP contribution in [0.15, 0.2) is 18.9 Å². The van der Waals surface area contributed by atoms with Crippen LogP contribution in [0.1, 0.15) is 42.6 Å². The molecule has 2 atom stereocenters. The number of likely N-dealkylation sites (tertiary alicyclic amines) is 1.